The molecule has 0 aromatic heterocycles. The molecule has 4 heteroatoms. The summed E-state index contributed by atoms with van der Waals surface area (Å²) in [6.07, 6.45) is 4.34. The molecular formula is C24H28O4. The van der Waals surface area contributed by atoms with Crippen LogP contribution in [0.5, 0.6) is 0 Å². The molecule has 2 aromatic rings. The SMILES string of the molecule is CCOC(=O)C(CC(/C=C/c1ccccc1)c1ccc(C)cc1)C(=O)OCC. The van der Waals surface area contributed by atoms with E-state index in [9.17, 15) is 9.59 Å². The summed E-state index contributed by atoms with van der Waals surface area (Å²) < 4.78 is 10.3. The van der Waals surface area contributed by atoms with Gasteiger partial charge < -0.3 is 9.47 Å². The van der Waals surface area contributed by atoms with Crippen LogP contribution in [-0.2, 0) is 19.1 Å². The molecule has 0 saturated carbocycles. The third-order valence-electron chi connectivity index (χ3n) is 4.46. The van der Waals surface area contributed by atoms with E-state index in [2.05, 4.69) is 0 Å². The van der Waals surface area contributed by atoms with Gasteiger partial charge in [-0.05, 0) is 38.3 Å². The van der Waals surface area contributed by atoms with Gasteiger partial charge in [-0.1, -0.05) is 72.3 Å². The molecule has 2 rings (SSSR count). The number of carbonyl (C=O) groups excluding carboxylic acids is 2. The van der Waals surface area contributed by atoms with Gasteiger partial charge in [0.1, 0.15) is 0 Å². The number of esters is 2. The molecule has 4 nitrogen and oxygen atoms in total. The average Bonchev–Trinajstić information content (AvgIpc) is 2.70. The number of benzene rings is 2. The van der Waals surface area contributed by atoms with Crippen LogP contribution in [0.2, 0.25) is 0 Å². The van der Waals surface area contributed by atoms with Crippen LogP contribution in [0.1, 0.15) is 42.9 Å². The third kappa shape index (κ3) is 6.38. The Balaban J connectivity index is 2.32. The lowest BCUT2D eigenvalue weighted by molar-refractivity contribution is -0.162. The van der Waals surface area contributed by atoms with Gasteiger partial charge in [0.05, 0.1) is 13.2 Å². The Kier molecular flexibility index (Phi) is 8.47. The molecular weight excluding hydrogens is 352 g/mol. The number of carbonyl (C=O) groups is 2. The van der Waals surface area contributed by atoms with Crippen LogP contribution in [-0.4, -0.2) is 25.2 Å². The van der Waals surface area contributed by atoms with Crippen molar-refractivity contribution >= 4 is 18.0 Å². The van der Waals surface area contributed by atoms with E-state index in [1.807, 2.05) is 73.7 Å². The normalized spacial score (nSPS) is 12.1. The van der Waals surface area contributed by atoms with Crippen molar-refractivity contribution in [2.75, 3.05) is 13.2 Å². The van der Waals surface area contributed by atoms with Gasteiger partial charge in [0.2, 0.25) is 0 Å². The Morgan fingerprint density at radius 3 is 2.00 bits per heavy atom. The van der Waals surface area contributed by atoms with E-state index in [1.165, 1.54) is 0 Å². The van der Waals surface area contributed by atoms with Crippen LogP contribution in [0.3, 0.4) is 0 Å². The number of hydrogen-bond acceptors (Lipinski definition) is 4. The highest BCUT2D eigenvalue weighted by molar-refractivity contribution is 5.95. The van der Waals surface area contributed by atoms with E-state index in [4.69, 9.17) is 9.47 Å². The molecule has 0 aliphatic rings. The van der Waals surface area contributed by atoms with Crippen molar-refractivity contribution in [3.05, 3.63) is 77.4 Å². The van der Waals surface area contributed by atoms with Crippen molar-refractivity contribution < 1.29 is 19.1 Å². The molecule has 0 heterocycles. The number of rotatable bonds is 9. The minimum atomic E-state index is -0.952. The van der Waals surface area contributed by atoms with E-state index < -0.39 is 17.9 Å². The van der Waals surface area contributed by atoms with E-state index >= 15 is 0 Å². The predicted molar refractivity (Wildman–Crippen MR) is 111 cm³/mol. The average molecular weight is 380 g/mol. The minimum absolute atomic E-state index is 0.125. The zero-order chi connectivity index (χ0) is 20.4. The van der Waals surface area contributed by atoms with Gasteiger partial charge in [0.25, 0.3) is 0 Å². The molecule has 0 aliphatic heterocycles. The maximum atomic E-state index is 12.4. The van der Waals surface area contributed by atoms with Gasteiger partial charge in [-0.2, -0.15) is 0 Å². The summed E-state index contributed by atoms with van der Waals surface area (Å²) in [7, 11) is 0. The molecule has 0 radical (unpaired) electrons. The summed E-state index contributed by atoms with van der Waals surface area (Å²) >= 11 is 0. The Morgan fingerprint density at radius 1 is 0.893 bits per heavy atom. The van der Waals surface area contributed by atoms with Crippen LogP contribution >= 0.6 is 0 Å². The molecule has 0 aliphatic carbocycles. The van der Waals surface area contributed by atoms with Gasteiger partial charge in [-0.3, -0.25) is 9.59 Å². The largest absolute Gasteiger partial charge is 0.465 e. The highest BCUT2D eigenvalue weighted by Gasteiger charge is 2.32. The number of ether oxygens (including phenoxy) is 2. The first-order valence-corrected chi connectivity index (χ1v) is 9.68. The standard InChI is InChI=1S/C24H28O4/c1-4-27-23(25)22(24(26)28-5-2)17-21(20-14-11-18(3)12-15-20)16-13-19-9-7-6-8-10-19/h6-16,21-22H,4-5,17H2,1-3H3/b16-13+. The maximum Gasteiger partial charge on any atom is 0.320 e. The first-order valence-electron chi connectivity index (χ1n) is 9.68. The lowest BCUT2D eigenvalue weighted by Crippen LogP contribution is -2.29. The maximum absolute atomic E-state index is 12.4. The lowest BCUT2D eigenvalue weighted by atomic mass is 9.87. The number of hydrogen-bond donors (Lipinski definition) is 0. The summed E-state index contributed by atoms with van der Waals surface area (Å²) in [5.74, 6) is -2.15. The zero-order valence-corrected chi connectivity index (χ0v) is 16.8. The molecule has 0 N–H and O–H groups in total. The highest BCUT2D eigenvalue weighted by Crippen LogP contribution is 2.28. The van der Waals surface area contributed by atoms with E-state index in [1.54, 1.807) is 13.8 Å². The molecule has 148 valence electrons. The van der Waals surface area contributed by atoms with Crippen molar-refractivity contribution in [3.63, 3.8) is 0 Å². The van der Waals surface area contributed by atoms with Crippen LogP contribution in [0.4, 0.5) is 0 Å². The quantitative estimate of drug-likeness (QED) is 0.457. The van der Waals surface area contributed by atoms with Crippen molar-refractivity contribution in [3.8, 4) is 0 Å². The summed E-state index contributed by atoms with van der Waals surface area (Å²) in [5.41, 5.74) is 3.25. The highest BCUT2D eigenvalue weighted by atomic mass is 16.6. The van der Waals surface area contributed by atoms with Gasteiger partial charge in [-0.15, -0.1) is 0 Å². The predicted octanol–water partition coefficient (Wildman–Crippen LogP) is 4.92. The minimum Gasteiger partial charge on any atom is -0.465 e. The second kappa shape index (κ2) is 11.1. The Morgan fingerprint density at radius 2 is 1.46 bits per heavy atom. The van der Waals surface area contributed by atoms with Crippen molar-refractivity contribution in [2.24, 2.45) is 5.92 Å². The fraction of sp³-hybridized carbons (Fsp3) is 0.333. The van der Waals surface area contributed by atoms with Crippen LogP contribution in [0, 0.1) is 12.8 Å². The Hall–Kier alpha value is -2.88. The van der Waals surface area contributed by atoms with Gasteiger partial charge >= 0.3 is 11.9 Å². The fourth-order valence-electron chi connectivity index (χ4n) is 2.96. The monoisotopic (exact) mass is 380 g/mol. The van der Waals surface area contributed by atoms with Crippen LogP contribution < -0.4 is 0 Å². The van der Waals surface area contributed by atoms with Gasteiger partial charge in [0.15, 0.2) is 5.92 Å². The Labute approximate surface area is 167 Å². The summed E-state index contributed by atoms with van der Waals surface area (Å²) in [5, 5.41) is 0. The number of aryl methyl sites for hydroxylation is 1. The summed E-state index contributed by atoms with van der Waals surface area (Å²) in [6, 6.07) is 18.1. The van der Waals surface area contributed by atoms with E-state index in [0.29, 0.717) is 6.42 Å². The molecule has 0 bridgehead atoms. The first kappa shape index (κ1) is 21.4. The molecule has 1 atom stereocenters. The molecule has 28 heavy (non-hydrogen) atoms. The third-order valence-corrected chi connectivity index (χ3v) is 4.46. The van der Waals surface area contributed by atoms with Gasteiger partial charge in [-0.25, -0.2) is 0 Å². The van der Waals surface area contributed by atoms with Crippen molar-refractivity contribution in [1.29, 1.82) is 0 Å². The second-order valence-corrected chi connectivity index (χ2v) is 6.58. The number of allylic oxidation sites excluding steroid dienone is 1. The molecule has 2 aromatic carbocycles. The van der Waals surface area contributed by atoms with Crippen LogP contribution in [0.25, 0.3) is 6.08 Å². The van der Waals surface area contributed by atoms with Crippen molar-refractivity contribution in [2.45, 2.75) is 33.1 Å². The molecule has 0 spiro atoms. The second-order valence-electron chi connectivity index (χ2n) is 6.58. The zero-order valence-electron chi connectivity index (χ0n) is 16.8. The summed E-state index contributed by atoms with van der Waals surface area (Å²) in [4.78, 5) is 24.8. The lowest BCUT2D eigenvalue weighted by Gasteiger charge is -2.20. The molecule has 0 amide bonds. The first-order chi connectivity index (χ1) is 13.5. The molecule has 0 saturated heterocycles. The molecule has 0 fully saturated rings. The smallest absolute Gasteiger partial charge is 0.320 e. The summed E-state index contributed by atoms with van der Waals surface area (Å²) in [6.45, 7) is 5.94. The van der Waals surface area contributed by atoms with E-state index in [-0.39, 0.29) is 19.1 Å². The van der Waals surface area contributed by atoms with Gasteiger partial charge in [0, 0.05) is 5.92 Å². The Bertz CT molecular complexity index is 760. The van der Waals surface area contributed by atoms with Crippen LogP contribution in [0.15, 0.2) is 60.7 Å². The topological polar surface area (TPSA) is 52.6 Å². The van der Waals surface area contributed by atoms with E-state index in [0.717, 1.165) is 16.7 Å². The fourth-order valence-corrected chi connectivity index (χ4v) is 2.96. The molecule has 1 unspecified atom stereocenters. The van der Waals surface area contributed by atoms with Crippen molar-refractivity contribution in [1.82, 2.24) is 0 Å².